The summed E-state index contributed by atoms with van der Waals surface area (Å²) >= 11 is 0. The van der Waals surface area contributed by atoms with Gasteiger partial charge in [-0.15, -0.1) is 0 Å². The number of ether oxygens (including phenoxy) is 2. The molecule has 0 radical (unpaired) electrons. The minimum atomic E-state index is -1.21. The molecule has 1 rings (SSSR count). The lowest BCUT2D eigenvalue weighted by Crippen LogP contribution is -2.52. The Hall–Kier alpha value is -2.11. The minimum absolute atomic E-state index is 0.364. The molecule has 116 valence electrons. The Balaban J connectivity index is 2.74. The molecule has 0 aromatic heterocycles. The van der Waals surface area contributed by atoms with Crippen LogP contribution in [0, 0.1) is 5.82 Å². The molecule has 21 heavy (non-hydrogen) atoms. The van der Waals surface area contributed by atoms with Gasteiger partial charge in [0.2, 0.25) is 0 Å². The number of methoxy groups -OCH3 is 1. The molecule has 1 unspecified atom stereocenters. The second-order valence-corrected chi connectivity index (χ2v) is 5.02. The van der Waals surface area contributed by atoms with E-state index >= 15 is 0 Å². The van der Waals surface area contributed by atoms with Gasteiger partial charge in [-0.1, -0.05) is 6.92 Å². The number of carbonyl (C=O) groups excluding carboxylic acids is 2. The molecule has 6 heteroatoms. The summed E-state index contributed by atoms with van der Waals surface area (Å²) in [5.41, 5.74) is -1.21. The van der Waals surface area contributed by atoms with Gasteiger partial charge in [0, 0.05) is 0 Å². The van der Waals surface area contributed by atoms with Crippen LogP contribution in [-0.2, 0) is 14.3 Å². The molecular weight excluding hydrogens is 277 g/mol. The zero-order valence-electron chi connectivity index (χ0n) is 12.6. The van der Waals surface area contributed by atoms with E-state index in [1.165, 1.54) is 31.4 Å². The van der Waals surface area contributed by atoms with Gasteiger partial charge in [-0.05, 0) is 44.5 Å². The van der Waals surface area contributed by atoms with Crippen molar-refractivity contribution in [3.8, 4) is 5.75 Å². The van der Waals surface area contributed by atoms with Crippen LogP contribution in [0.25, 0.3) is 0 Å². The standard InChI is InChI=1S/C15H20FNO4/c1-5-12(13(18)20-4)17-14(19)15(2,3)21-11-8-6-10(16)7-9-11/h6-9,12H,5H2,1-4H3,(H,17,19). The molecule has 0 aliphatic rings. The van der Waals surface area contributed by atoms with Crippen molar-refractivity contribution < 1.29 is 23.5 Å². The van der Waals surface area contributed by atoms with Gasteiger partial charge in [0.15, 0.2) is 5.60 Å². The lowest BCUT2D eigenvalue weighted by molar-refractivity contribution is -0.147. The Morgan fingerprint density at radius 3 is 2.33 bits per heavy atom. The zero-order chi connectivity index (χ0) is 16.0. The van der Waals surface area contributed by atoms with Gasteiger partial charge >= 0.3 is 5.97 Å². The second kappa shape index (κ2) is 7.06. The van der Waals surface area contributed by atoms with Crippen LogP contribution < -0.4 is 10.1 Å². The van der Waals surface area contributed by atoms with Crippen LogP contribution in [0.4, 0.5) is 4.39 Å². The highest BCUT2D eigenvalue weighted by molar-refractivity contribution is 5.89. The monoisotopic (exact) mass is 297 g/mol. The summed E-state index contributed by atoms with van der Waals surface area (Å²) in [6.45, 7) is 4.89. The Morgan fingerprint density at radius 1 is 1.29 bits per heavy atom. The van der Waals surface area contributed by atoms with E-state index in [0.717, 1.165) is 0 Å². The summed E-state index contributed by atoms with van der Waals surface area (Å²) in [4.78, 5) is 23.7. The van der Waals surface area contributed by atoms with Crippen LogP contribution in [0.1, 0.15) is 27.2 Å². The molecule has 1 aromatic carbocycles. The molecule has 0 bridgehead atoms. The number of hydrogen-bond acceptors (Lipinski definition) is 4. The normalized spacial score (nSPS) is 12.4. The molecule has 0 saturated heterocycles. The van der Waals surface area contributed by atoms with Gasteiger partial charge in [0.05, 0.1) is 7.11 Å². The molecule has 0 heterocycles. The van der Waals surface area contributed by atoms with Gasteiger partial charge in [0.1, 0.15) is 17.6 Å². The maximum atomic E-state index is 12.8. The first-order valence-corrected chi connectivity index (χ1v) is 6.63. The average molecular weight is 297 g/mol. The fourth-order valence-electron chi connectivity index (χ4n) is 1.65. The first-order valence-electron chi connectivity index (χ1n) is 6.63. The SMILES string of the molecule is CCC(NC(=O)C(C)(C)Oc1ccc(F)cc1)C(=O)OC. The predicted molar refractivity (Wildman–Crippen MR) is 75.3 cm³/mol. The first-order chi connectivity index (χ1) is 9.80. The fraction of sp³-hybridized carbons (Fsp3) is 0.467. The number of esters is 1. The Bertz CT molecular complexity index is 499. The fourth-order valence-corrected chi connectivity index (χ4v) is 1.65. The summed E-state index contributed by atoms with van der Waals surface area (Å²) in [7, 11) is 1.26. The van der Waals surface area contributed by atoms with Crippen LogP contribution in [0.3, 0.4) is 0 Å². The molecule has 1 atom stereocenters. The largest absolute Gasteiger partial charge is 0.478 e. The molecule has 5 nitrogen and oxygen atoms in total. The molecule has 0 aliphatic heterocycles. The molecule has 0 aliphatic carbocycles. The number of benzene rings is 1. The summed E-state index contributed by atoms with van der Waals surface area (Å²) in [6, 6.07) is 4.63. The van der Waals surface area contributed by atoms with E-state index in [1.807, 2.05) is 0 Å². The molecule has 1 amide bonds. The van der Waals surface area contributed by atoms with Crippen molar-refractivity contribution in [3.63, 3.8) is 0 Å². The molecule has 0 fully saturated rings. The summed E-state index contributed by atoms with van der Waals surface area (Å²) < 4.78 is 23.0. The van der Waals surface area contributed by atoms with Gasteiger partial charge in [-0.2, -0.15) is 0 Å². The number of amides is 1. The van der Waals surface area contributed by atoms with Crippen molar-refractivity contribution in [2.45, 2.75) is 38.8 Å². The molecular formula is C15H20FNO4. The third-order valence-corrected chi connectivity index (χ3v) is 2.93. The van der Waals surface area contributed by atoms with Crippen LogP contribution in [0.5, 0.6) is 5.75 Å². The minimum Gasteiger partial charge on any atom is -0.478 e. The van der Waals surface area contributed by atoms with Crippen LogP contribution in [0.15, 0.2) is 24.3 Å². The molecule has 1 N–H and O–H groups in total. The smallest absolute Gasteiger partial charge is 0.328 e. The third-order valence-electron chi connectivity index (χ3n) is 2.93. The van der Waals surface area contributed by atoms with E-state index in [2.05, 4.69) is 10.1 Å². The van der Waals surface area contributed by atoms with Crippen molar-refractivity contribution in [2.75, 3.05) is 7.11 Å². The average Bonchev–Trinajstić information content (AvgIpc) is 2.45. The lowest BCUT2D eigenvalue weighted by atomic mass is 10.1. The van der Waals surface area contributed by atoms with E-state index in [0.29, 0.717) is 12.2 Å². The van der Waals surface area contributed by atoms with E-state index in [4.69, 9.17) is 4.74 Å². The Kier molecular flexibility index (Phi) is 5.69. The number of halogens is 1. The lowest BCUT2D eigenvalue weighted by Gasteiger charge is -2.27. The van der Waals surface area contributed by atoms with Crippen molar-refractivity contribution in [2.24, 2.45) is 0 Å². The van der Waals surface area contributed by atoms with E-state index in [1.54, 1.807) is 20.8 Å². The van der Waals surface area contributed by atoms with E-state index in [9.17, 15) is 14.0 Å². The summed E-state index contributed by atoms with van der Waals surface area (Å²) in [5, 5.41) is 2.58. The van der Waals surface area contributed by atoms with Gasteiger partial charge in [-0.25, -0.2) is 9.18 Å². The van der Waals surface area contributed by atoms with Gasteiger partial charge in [0.25, 0.3) is 5.91 Å². The quantitative estimate of drug-likeness (QED) is 0.816. The molecule has 0 saturated carbocycles. The Morgan fingerprint density at radius 2 is 1.86 bits per heavy atom. The Labute approximate surface area is 123 Å². The van der Waals surface area contributed by atoms with E-state index < -0.39 is 23.5 Å². The predicted octanol–water partition coefficient (Wildman–Crippen LogP) is 2.05. The van der Waals surface area contributed by atoms with Crippen molar-refractivity contribution in [1.29, 1.82) is 0 Å². The third kappa shape index (κ3) is 4.73. The summed E-state index contributed by atoms with van der Waals surface area (Å²) in [5.74, 6) is -0.989. The maximum Gasteiger partial charge on any atom is 0.328 e. The van der Waals surface area contributed by atoms with Gasteiger partial charge < -0.3 is 14.8 Å². The van der Waals surface area contributed by atoms with Gasteiger partial charge in [-0.3, -0.25) is 4.79 Å². The van der Waals surface area contributed by atoms with Crippen molar-refractivity contribution >= 4 is 11.9 Å². The number of rotatable bonds is 6. The number of nitrogens with one attached hydrogen (secondary N) is 1. The highest BCUT2D eigenvalue weighted by Crippen LogP contribution is 2.19. The maximum absolute atomic E-state index is 12.8. The van der Waals surface area contributed by atoms with Crippen molar-refractivity contribution in [1.82, 2.24) is 5.32 Å². The van der Waals surface area contributed by atoms with Crippen LogP contribution in [0.2, 0.25) is 0 Å². The topological polar surface area (TPSA) is 64.6 Å². The highest BCUT2D eigenvalue weighted by atomic mass is 19.1. The number of carbonyl (C=O) groups is 2. The van der Waals surface area contributed by atoms with E-state index in [-0.39, 0.29) is 5.82 Å². The first kappa shape index (κ1) is 16.9. The second-order valence-electron chi connectivity index (χ2n) is 5.02. The highest BCUT2D eigenvalue weighted by Gasteiger charge is 2.33. The number of hydrogen-bond donors (Lipinski definition) is 1. The zero-order valence-corrected chi connectivity index (χ0v) is 12.6. The summed E-state index contributed by atoms with van der Waals surface area (Å²) in [6.07, 6.45) is 0.408. The van der Waals surface area contributed by atoms with Crippen molar-refractivity contribution in [3.05, 3.63) is 30.1 Å². The van der Waals surface area contributed by atoms with Crippen LogP contribution in [-0.4, -0.2) is 30.6 Å². The van der Waals surface area contributed by atoms with Crippen LogP contribution >= 0.6 is 0 Å². The molecule has 0 spiro atoms. The molecule has 1 aromatic rings.